The lowest BCUT2D eigenvalue weighted by atomic mass is 9.77. The van der Waals surface area contributed by atoms with Gasteiger partial charge < -0.3 is 4.74 Å². The van der Waals surface area contributed by atoms with Gasteiger partial charge in [-0.2, -0.15) is 0 Å². The fourth-order valence-electron chi connectivity index (χ4n) is 2.80. The molecule has 0 aromatic rings. The average Bonchev–Trinajstić information content (AvgIpc) is 2.15. The van der Waals surface area contributed by atoms with Gasteiger partial charge in [-0.3, -0.25) is 9.69 Å². The van der Waals surface area contributed by atoms with E-state index in [1.165, 1.54) is 0 Å². The molecule has 0 atom stereocenters. The molecule has 0 aromatic heterocycles. The van der Waals surface area contributed by atoms with E-state index in [0.29, 0.717) is 6.10 Å². The first-order valence-electron chi connectivity index (χ1n) is 6.54. The second-order valence-corrected chi connectivity index (χ2v) is 6.41. The van der Waals surface area contributed by atoms with Crippen molar-refractivity contribution in [1.82, 2.24) is 4.90 Å². The highest BCUT2D eigenvalue weighted by molar-refractivity contribution is 5.86. The number of nitrogens with zero attached hydrogens (tertiary/aromatic N) is 1. The van der Waals surface area contributed by atoms with Crippen LogP contribution in [0.25, 0.3) is 0 Å². The van der Waals surface area contributed by atoms with Crippen LogP contribution in [0, 0.1) is 0 Å². The Hall–Kier alpha value is -0.410. The summed E-state index contributed by atoms with van der Waals surface area (Å²) in [5.74, 6) is 0.289. The third-order valence-electron chi connectivity index (χ3n) is 3.79. The van der Waals surface area contributed by atoms with Crippen molar-refractivity contribution < 1.29 is 9.53 Å². The van der Waals surface area contributed by atoms with Crippen LogP contribution in [0.3, 0.4) is 0 Å². The Labute approximate surface area is 106 Å². The smallest absolute Gasteiger partial charge is 0.149 e. The maximum absolute atomic E-state index is 11.9. The van der Waals surface area contributed by atoms with Crippen molar-refractivity contribution >= 4 is 5.78 Å². The van der Waals surface area contributed by atoms with Gasteiger partial charge in [-0.15, -0.1) is 0 Å². The van der Waals surface area contributed by atoms with Crippen LogP contribution in [-0.4, -0.2) is 42.0 Å². The van der Waals surface area contributed by atoms with Gasteiger partial charge in [0.1, 0.15) is 5.78 Å². The van der Waals surface area contributed by atoms with E-state index in [0.717, 1.165) is 25.7 Å². The maximum Gasteiger partial charge on any atom is 0.149 e. The van der Waals surface area contributed by atoms with Gasteiger partial charge in [-0.1, -0.05) is 0 Å². The zero-order chi connectivity index (χ0) is 13.3. The monoisotopic (exact) mass is 241 g/mol. The molecule has 0 amide bonds. The van der Waals surface area contributed by atoms with Gasteiger partial charge in [0.05, 0.1) is 17.2 Å². The Balaban J connectivity index is 2.63. The molecule has 0 heterocycles. The predicted molar refractivity (Wildman–Crippen MR) is 70.2 cm³/mol. The van der Waals surface area contributed by atoms with E-state index in [4.69, 9.17) is 4.74 Å². The fraction of sp³-hybridized carbons (Fsp3) is 0.929. The van der Waals surface area contributed by atoms with Crippen LogP contribution in [0.2, 0.25) is 0 Å². The summed E-state index contributed by atoms with van der Waals surface area (Å²) in [7, 11) is 4.01. The summed E-state index contributed by atoms with van der Waals surface area (Å²) in [6.07, 6.45) is 4.10. The van der Waals surface area contributed by atoms with Crippen LogP contribution in [0.15, 0.2) is 0 Å². The Morgan fingerprint density at radius 2 is 1.71 bits per heavy atom. The standard InChI is InChI=1S/C14H27NO2/c1-11(16)14(15(5)6)9-7-12(8-10-14)17-13(2,3)4/h12H,7-10H2,1-6H3. The highest BCUT2D eigenvalue weighted by atomic mass is 16.5. The van der Waals surface area contributed by atoms with Crippen LogP contribution in [0.5, 0.6) is 0 Å². The molecule has 1 fully saturated rings. The van der Waals surface area contributed by atoms with E-state index >= 15 is 0 Å². The third-order valence-corrected chi connectivity index (χ3v) is 3.79. The molecule has 3 heteroatoms. The van der Waals surface area contributed by atoms with Crippen molar-refractivity contribution in [3.05, 3.63) is 0 Å². The minimum atomic E-state index is -0.252. The zero-order valence-corrected chi connectivity index (χ0v) is 12.2. The molecule has 0 aromatic carbocycles. The minimum absolute atomic E-state index is 0.0843. The van der Waals surface area contributed by atoms with Crippen molar-refractivity contribution in [2.45, 2.75) is 70.6 Å². The van der Waals surface area contributed by atoms with E-state index < -0.39 is 0 Å². The van der Waals surface area contributed by atoms with Crippen LogP contribution >= 0.6 is 0 Å². The lowest BCUT2D eigenvalue weighted by molar-refractivity contribution is -0.135. The Morgan fingerprint density at radius 1 is 1.24 bits per heavy atom. The SMILES string of the molecule is CC(=O)C1(N(C)C)CCC(OC(C)(C)C)CC1. The molecule has 0 spiro atoms. The number of hydrogen-bond acceptors (Lipinski definition) is 3. The van der Waals surface area contributed by atoms with Crippen LogP contribution in [0.1, 0.15) is 53.4 Å². The first-order chi connectivity index (χ1) is 7.67. The molecule has 0 unspecified atom stereocenters. The zero-order valence-electron chi connectivity index (χ0n) is 12.2. The molecule has 0 N–H and O–H groups in total. The summed E-state index contributed by atoms with van der Waals surface area (Å²) in [6, 6.07) is 0. The molecule has 1 saturated carbocycles. The lowest BCUT2D eigenvalue weighted by Gasteiger charge is -2.44. The second kappa shape index (κ2) is 5.07. The molecular formula is C14H27NO2. The van der Waals surface area contributed by atoms with E-state index in [1.807, 2.05) is 14.1 Å². The maximum atomic E-state index is 11.9. The summed E-state index contributed by atoms with van der Waals surface area (Å²) < 4.78 is 6.00. The number of carbonyl (C=O) groups is 1. The van der Waals surface area contributed by atoms with Crippen LogP contribution in [-0.2, 0) is 9.53 Å². The molecule has 0 radical (unpaired) electrons. The normalized spacial score (nSPS) is 30.6. The Morgan fingerprint density at radius 3 is 2.00 bits per heavy atom. The minimum Gasteiger partial charge on any atom is -0.373 e. The Kier molecular flexibility index (Phi) is 4.37. The highest BCUT2D eigenvalue weighted by Gasteiger charge is 2.42. The molecule has 1 aliphatic rings. The number of Topliss-reactive ketones (excluding diaryl/α,β-unsaturated/α-hetero) is 1. The number of likely N-dealkylation sites (N-methyl/N-ethyl adjacent to an activating group) is 1. The molecule has 1 rings (SSSR count). The van der Waals surface area contributed by atoms with Gasteiger partial charge in [0, 0.05) is 0 Å². The summed E-state index contributed by atoms with van der Waals surface area (Å²) >= 11 is 0. The van der Waals surface area contributed by atoms with E-state index in [-0.39, 0.29) is 16.9 Å². The molecule has 0 saturated heterocycles. The summed E-state index contributed by atoms with van der Waals surface area (Å²) in [4.78, 5) is 14.0. The number of ketones is 1. The van der Waals surface area contributed by atoms with E-state index in [9.17, 15) is 4.79 Å². The van der Waals surface area contributed by atoms with Crippen molar-refractivity contribution in [3.63, 3.8) is 0 Å². The third kappa shape index (κ3) is 3.52. The van der Waals surface area contributed by atoms with Gasteiger partial charge in [-0.25, -0.2) is 0 Å². The van der Waals surface area contributed by atoms with Crippen LogP contribution in [0.4, 0.5) is 0 Å². The number of rotatable bonds is 3. The quantitative estimate of drug-likeness (QED) is 0.760. The molecular weight excluding hydrogens is 214 g/mol. The highest BCUT2D eigenvalue weighted by Crippen LogP contribution is 2.35. The number of ether oxygens (including phenoxy) is 1. The number of hydrogen-bond donors (Lipinski definition) is 0. The predicted octanol–water partition coefficient (Wildman–Crippen LogP) is 2.63. The molecule has 0 aliphatic heterocycles. The van der Waals surface area contributed by atoms with Crippen molar-refractivity contribution in [1.29, 1.82) is 0 Å². The first-order valence-corrected chi connectivity index (χ1v) is 6.54. The largest absolute Gasteiger partial charge is 0.373 e. The average molecular weight is 241 g/mol. The van der Waals surface area contributed by atoms with Crippen LogP contribution < -0.4 is 0 Å². The van der Waals surface area contributed by atoms with Gasteiger partial charge in [0.15, 0.2) is 0 Å². The van der Waals surface area contributed by atoms with Gasteiger partial charge in [0.2, 0.25) is 0 Å². The second-order valence-electron chi connectivity index (χ2n) is 6.41. The van der Waals surface area contributed by atoms with Gasteiger partial charge in [0.25, 0.3) is 0 Å². The van der Waals surface area contributed by atoms with E-state index in [1.54, 1.807) is 6.92 Å². The molecule has 3 nitrogen and oxygen atoms in total. The topological polar surface area (TPSA) is 29.5 Å². The summed E-state index contributed by atoms with van der Waals surface area (Å²) in [5.41, 5.74) is -0.337. The molecule has 100 valence electrons. The van der Waals surface area contributed by atoms with Crippen molar-refractivity contribution in [2.24, 2.45) is 0 Å². The summed E-state index contributed by atoms with van der Waals surface area (Å²) in [5, 5.41) is 0. The fourth-order valence-corrected chi connectivity index (χ4v) is 2.80. The molecule has 1 aliphatic carbocycles. The van der Waals surface area contributed by atoms with Crippen molar-refractivity contribution in [2.75, 3.05) is 14.1 Å². The summed E-state index contributed by atoms with van der Waals surface area (Å²) in [6.45, 7) is 7.98. The van der Waals surface area contributed by atoms with Gasteiger partial charge >= 0.3 is 0 Å². The van der Waals surface area contributed by atoms with Crippen molar-refractivity contribution in [3.8, 4) is 0 Å². The molecule has 17 heavy (non-hydrogen) atoms. The lowest BCUT2D eigenvalue weighted by Crippen LogP contribution is -2.53. The van der Waals surface area contributed by atoms with E-state index in [2.05, 4.69) is 25.7 Å². The number of carbonyl (C=O) groups excluding carboxylic acids is 1. The van der Waals surface area contributed by atoms with Gasteiger partial charge in [-0.05, 0) is 67.5 Å². The first kappa shape index (κ1) is 14.7. The Bertz CT molecular complexity index is 270. The molecule has 0 bridgehead atoms.